The molecule has 1 amide bonds. The van der Waals surface area contributed by atoms with Crippen molar-refractivity contribution >= 4 is 20.1 Å². The Morgan fingerprint density at radius 3 is 2.62 bits per heavy atom. The number of rotatable bonds is 5. The first kappa shape index (κ1) is 20.5. The number of hydrogen-bond donors (Lipinski definition) is 1. The van der Waals surface area contributed by atoms with E-state index < -0.39 is 14.0 Å². The average molecular weight is 378 g/mol. The van der Waals surface area contributed by atoms with Gasteiger partial charge in [-0.2, -0.15) is 0 Å². The first-order chi connectivity index (χ1) is 12.0. The molecule has 1 aromatic rings. The van der Waals surface area contributed by atoms with Crippen LogP contribution in [-0.4, -0.2) is 49.8 Å². The van der Waals surface area contributed by atoms with Crippen LogP contribution in [0.1, 0.15) is 36.2 Å². The van der Waals surface area contributed by atoms with Crippen LogP contribution >= 0.6 is 0 Å². The second-order valence-electron chi connectivity index (χ2n) is 8.83. The topological polar surface area (TPSA) is 66.8 Å². The van der Waals surface area contributed by atoms with Crippen LogP contribution in [0.5, 0.6) is 0 Å². The maximum absolute atomic E-state index is 12.4. The van der Waals surface area contributed by atoms with Crippen molar-refractivity contribution in [1.29, 1.82) is 0 Å². The summed E-state index contributed by atoms with van der Waals surface area (Å²) < 4.78 is 5.47. The van der Waals surface area contributed by atoms with Crippen LogP contribution in [0.3, 0.4) is 0 Å². The fourth-order valence-corrected chi connectivity index (χ4v) is 4.09. The van der Waals surface area contributed by atoms with E-state index in [2.05, 4.69) is 33.5 Å². The molecule has 2 rings (SSSR count). The van der Waals surface area contributed by atoms with Gasteiger partial charge in [-0.15, -0.1) is 0 Å². The number of piperidine rings is 1. The van der Waals surface area contributed by atoms with Gasteiger partial charge in [-0.25, -0.2) is 9.59 Å². The van der Waals surface area contributed by atoms with E-state index in [1.54, 1.807) is 23.1 Å². The lowest BCUT2D eigenvalue weighted by Crippen LogP contribution is -2.49. The van der Waals surface area contributed by atoms with Gasteiger partial charge in [0.05, 0.1) is 12.2 Å². The molecule has 1 saturated heterocycles. The molecular formula is C20H31NO4Si. The van der Waals surface area contributed by atoms with Crippen molar-refractivity contribution in [2.75, 3.05) is 19.7 Å². The highest BCUT2D eigenvalue weighted by molar-refractivity contribution is 6.76. The molecule has 144 valence electrons. The van der Waals surface area contributed by atoms with E-state index in [1.807, 2.05) is 6.07 Å². The van der Waals surface area contributed by atoms with E-state index in [-0.39, 0.29) is 17.4 Å². The molecule has 0 spiro atoms. The predicted octanol–water partition coefficient (Wildman–Crippen LogP) is 4.46. The Kier molecular flexibility index (Phi) is 6.16. The number of benzene rings is 1. The second kappa shape index (κ2) is 7.82. The van der Waals surface area contributed by atoms with Crippen molar-refractivity contribution in [2.24, 2.45) is 5.92 Å². The van der Waals surface area contributed by atoms with E-state index in [1.165, 1.54) is 0 Å². The Morgan fingerprint density at radius 2 is 2.04 bits per heavy atom. The molecule has 6 heteroatoms. The summed E-state index contributed by atoms with van der Waals surface area (Å²) in [5.41, 5.74) is 1.18. The minimum absolute atomic E-state index is 0.152. The number of carboxylic acid groups (broad SMARTS) is 1. The Labute approximate surface area is 157 Å². The van der Waals surface area contributed by atoms with E-state index in [4.69, 9.17) is 4.74 Å². The number of hydrogen-bond acceptors (Lipinski definition) is 3. The van der Waals surface area contributed by atoms with Crippen molar-refractivity contribution < 1.29 is 19.4 Å². The molecule has 1 fully saturated rings. The maximum Gasteiger partial charge on any atom is 0.409 e. The number of carbonyl (C=O) groups is 2. The van der Waals surface area contributed by atoms with Crippen LogP contribution in [0.2, 0.25) is 25.7 Å². The molecular weight excluding hydrogens is 346 g/mol. The van der Waals surface area contributed by atoms with Crippen LogP contribution in [0.15, 0.2) is 24.3 Å². The fourth-order valence-electron chi connectivity index (χ4n) is 3.37. The molecule has 1 aliphatic heterocycles. The van der Waals surface area contributed by atoms with Gasteiger partial charge in [-0.05, 0) is 41.5 Å². The van der Waals surface area contributed by atoms with E-state index in [0.717, 1.165) is 18.0 Å². The number of carboxylic acids is 1. The fraction of sp³-hybridized carbons (Fsp3) is 0.600. The van der Waals surface area contributed by atoms with Crippen LogP contribution in [0.25, 0.3) is 0 Å². The van der Waals surface area contributed by atoms with Crippen molar-refractivity contribution in [1.82, 2.24) is 4.90 Å². The van der Waals surface area contributed by atoms with E-state index in [9.17, 15) is 14.7 Å². The lowest BCUT2D eigenvalue weighted by atomic mass is 9.68. The molecule has 1 heterocycles. The zero-order chi connectivity index (χ0) is 19.5. The van der Waals surface area contributed by atoms with Crippen LogP contribution in [0, 0.1) is 5.92 Å². The summed E-state index contributed by atoms with van der Waals surface area (Å²) in [4.78, 5) is 25.4. The first-order valence-corrected chi connectivity index (χ1v) is 13.0. The predicted molar refractivity (Wildman–Crippen MR) is 106 cm³/mol. The minimum Gasteiger partial charge on any atom is -0.478 e. The second-order valence-corrected chi connectivity index (χ2v) is 14.4. The summed E-state index contributed by atoms with van der Waals surface area (Å²) in [5.74, 6) is -0.698. The van der Waals surface area contributed by atoms with Gasteiger partial charge < -0.3 is 14.7 Å². The molecule has 5 nitrogen and oxygen atoms in total. The normalized spacial score (nSPS) is 23.6. The summed E-state index contributed by atoms with van der Waals surface area (Å²) >= 11 is 0. The van der Waals surface area contributed by atoms with Crippen molar-refractivity contribution in [2.45, 2.75) is 51.4 Å². The molecule has 0 radical (unpaired) electrons. The highest BCUT2D eigenvalue weighted by atomic mass is 28.3. The van der Waals surface area contributed by atoms with E-state index in [0.29, 0.717) is 25.3 Å². The number of carbonyl (C=O) groups excluding carboxylic acids is 1. The number of ether oxygens (including phenoxy) is 1. The highest BCUT2D eigenvalue weighted by Gasteiger charge is 2.40. The van der Waals surface area contributed by atoms with Gasteiger partial charge in [-0.1, -0.05) is 45.6 Å². The lowest BCUT2D eigenvalue weighted by Gasteiger charge is -2.44. The standard InChI is InChI=1S/C20H31NO4Si/c1-15-14-21(19(24)25-11-12-26(3,4)5)10-9-20(15,2)17-8-6-7-16(13-17)18(22)23/h6-8,13,15H,9-12,14H2,1-5H3,(H,22,23)/t15-,20+/m0/s1. The summed E-state index contributed by atoms with van der Waals surface area (Å²) in [6.07, 6.45) is 0.567. The first-order valence-electron chi connectivity index (χ1n) is 9.28. The quantitative estimate of drug-likeness (QED) is 0.769. The monoisotopic (exact) mass is 377 g/mol. The van der Waals surface area contributed by atoms with E-state index >= 15 is 0 Å². The minimum atomic E-state index is -1.21. The number of amides is 1. The molecule has 0 bridgehead atoms. The summed E-state index contributed by atoms with van der Waals surface area (Å²) in [5, 5.41) is 9.25. The third kappa shape index (κ3) is 4.87. The van der Waals surface area contributed by atoms with Gasteiger partial charge in [0.25, 0.3) is 0 Å². The third-order valence-electron chi connectivity index (χ3n) is 5.59. The molecule has 26 heavy (non-hydrogen) atoms. The van der Waals surface area contributed by atoms with Crippen LogP contribution in [0.4, 0.5) is 4.79 Å². The zero-order valence-corrected chi connectivity index (χ0v) is 17.5. The van der Waals surface area contributed by atoms with Gasteiger partial charge in [0.15, 0.2) is 0 Å². The van der Waals surface area contributed by atoms with Crippen molar-refractivity contribution in [3.8, 4) is 0 Å². The molecule has 2 atom stereocenters. The molecule has 0 unspecified atom stereocenters. The Balaban J connectivity index is 2.02. The SMILES string of the molecule is C[C@H]1CN(C(=O)OCC[Si](C)(C)C)CC[C@@]1(C)c1cccc(C(=O)O)c1. The van der Waals surface area contributed by atoms with Gasteiger partial charge in [-0.3, -0.25) is 0 Å². The highest BCUT2D eigenvalue weighted by Crippen LogP contribution is 2.39. The maximum atomic E-state index is 12.4. The molecule has 0 aromatic heterocycles. The molecule has 0 saturated carbocycles. The van der Waals surface area contributed by atoms with Crippen LogP contribution < -0.4 is 0 Å². The molecule has 1 aromatic carbocycles. The number of likely N-dealkylation sites (tertiary alicyclic amines) is 1. The lowest BCUT2D eigenvalue weighted by molar-refractivity contribution is 0.0686. The Bertz CT molecular complexity index is 670. The average Bonchev–Trinajstić information content (AvgIpc) is 2.56. The largest absolute Gasteiger partial charge is 0.478 e. The van der Waals surface area contributed by atoms with Gasteiger partial charge >= 0.3 is 12.1 Å². The van der Waals surface area contributed by atoms with Gasteiger partial charge in [0.2, 0.25) is 0 Å². The molecule has 0 aliphatic carbocycles. The molecule has 1 aliphatic rings. The Morgan fingerprint density at radius 1 is 1.35 bits per heavy atom. The van der Waals surface area contributed by atoms with Gasteiger partial charge in [0, 0.05) is 21.2 Å². The Hall–Kier alpha value is -1.82. The van der Waals surface area contributed by atoms with Crippen molar-refractivity contribution in [3.05, 3.63) is 35.4 Å². The molecule has 1 N–H and O–H groups in total. The summed E-state index contributed by atoms with van der Waals surface area (Å²) in [6.45, 7) is 12.8. The summed E-state index contributed by atoms with van der Waals surface area (Å²) in [7, 11) is -1.21. The smallest absolute Gasteiger partial charge is 0.409 e. The number of nitrogens with zero attached hydrogens (tertiary/aromatic N) is 1. The number of aromatic carboxylic acids is 1. The van der Waals surface area contributed by atoms with Crippen molar-refractivity contribution in [3.63, 3.8) is 0 Å². The third-order valence-corrected chi connectivity index (χ3v) is 7.29. The van der Waals surface area contributed by atoms with Crippen LogP contribution in [-0.2, 0) is 10.2 Å². The van der Waals surface area contributed by atoms with Gasteiger partial charge in [0.1, 0.15) is 0 Å². The zero-order valence-electron chi connectivity index (χ0n) is 16.5. The summed E-state index contributed by atoms with van der Waals surface area (Å²) in [6, 6.07) is 8.14.